The number of phosphoric acid groups is 3. The van der Waals surface area contributed by atoms with Crippen molar-refractivity contribution in [1.29, 1.82) is 0 Å². The summed E-state index contributed by atoms with van der Waals surface area (Å²) in [6.45, 7) is 0. The molecule has 0 amide bonds. The molecule has 0 heterocycles. The van der Waals surface area contributed by atoms with Crippen LogP contribution in [0.5, 0.6) is 0 Å². The van der Waals surface area contributed by atoms with E-state index in [1.165, 1.54) is 0 Å². The number of hydrogen-bond donors (Lipinski definition) is 0. The smallest absolute Gasteiger partial charge is 0.822 e. The summed E-state index contributed by atoms with van der Waals surface area (Å²) in [5, 5.41) is 0. The van der Waals surface area contributed by atoms with Crippen molar-refractivity contribution in [2.45, 2.75) is 0 Å². The van der Waals surface area contributed by atoms with Crippen LogP contribution < -0.4 is 251 Å². The van der Waals surface area contributed by atoms with Gasteiger partial charge in [-0.3, -0.25) is 0 Å². The van der Waals surface area contributed by atoms with Gasteiger partial charge in [0.1, 0.15) is 0 Å². The van der Waals surface area contributed by atoms with Crippen molar-refractivity contribution >= 4 is 23.5 Å². The summed E-state index contributed by atoms with van der Waals surface area (Å²) in [4.78, 5) is 76.9. The third-order valence-corrected chi connectivity index (χ3v) is 0. The summed E-state index contributed by atoms with van der Waals surface area (Å²) in [6.07, 6.45) is 0. The SMILES string of the molecule is O=P([O-])([O-])[O-].O=P([O-])([O-])[O-].O=P([O-])([O-])[O-].[Cs+].[Cs+].[Cs+].[W+6]. The van der Waals surface area contributed by atoms with Crippen molar-refractivity contribution in [2.24, 2.45) is 0 Å². The molecule has 0 aromatic carbocycles. The van der Waals surface area contributed by atoms with Gasteiger partial charge in [0.2, 0.25) is 0 Å². The van der Waals surface area contributed by atoms with Crippen LogP contribution in [0, 0.1) is 0 Å². The van der Waals surface area contributed by atoms with E-state index in [4.69, 9.17) is 57.7 Å². The number of hydrogen-bond acceptors (Lipinski definition) is 12. The van der Waals surface area contributed by atoms with E-state index in [1.54, 1.807) is 0 Å². The zero-order chi connectivity index (χ0) is 13.5. The van der Waals surface area contributed by atoms with Crippen molar-refractivity contribution in [3.05, 3.63) is 0 Å². The predicted molar refractivity (Wildman–Crippen MR) is 22.8 cm³/mol. The van der Waals surface area contributed by atoms with Crippen LogP contribution in [0.2, 0.25) is 0 Å². The molecule has 0 rings (SSSR count). The minimum absolute atomic E-state index is 0. The van der Waals surface area contributed by atoms with Crippen molar-refractivity contribution < 1.29 is 285 Å². The zero-order valence-corrected chi connectivity index (χ0v) is 34.1. The monoisotopic (exact) mass is 868 g/mol. The molecule has 0 unspecified atom stereocenters. The Labute approximate surface area is 298 Å². The molecule has 0 atom stereocenters. The molecular formula is Cs3O12P3W. The molecule has 0 fully saturated rings. The Balaban J connectivity index is -0.0000000206. The van der Waals surface area contributed by atoms with Crippen LogP contribution in [0.25, 0.3) is 0 Å². The first-order valence-corrected chi connectivity index (χ1v) is 6.57. The summed E-state index contributed by atoms with van der Waals surface area (Å²) in [6, 6.07) is 0. The maximum atomic E-state index is 8.55. The van der Waals surface area contributed by atoms with Crippen LogP contribution in [-0.2, 0) is 34.8 Å². The molecule has 0 aromatic heterocycles. The fourth-order valence-electron chi connectivity index (χ4n) is 0. The van der Waals surface area contributed by atoms with Crippen LogP contribution >= 0.6 is 23.5 Å². The fraction of sp³-hybridized carbons (Fsp3) is 0. The van der Waals surface area contributed by atoms with E-state index in [9.17, 15) is 0 Å². The van der Waals surface area contributed by atoms with Gasteiger partial charge < -0.3 is 57.7 Å². The Bertz CT molecular complexity index is 214. The third-order valence-electron chi connectivity index (χ3n) is 0. The first kappa shape index (κ1) is 45.1. The first-order chi connectivity index (χ1) is 6.00. The summed E-state index contributed by atoms with van der Waals surface area (Å²) in [5.41, 5.74) is 0. The molecule has 0 saturated carbocycles. The molecule has 12 nitrogen and oxygen atoms in total. The van der Waals surface area contributed by atoms with Crippen molar-refractivity contribution in [2.75, 3.05) is 0 Å². The van der Waals surface area contributed by atoms with Gasteiger partial charge >= 0.3 is 228 Å². The van der Waals surface area contributed by atoms with E-state index in [-0.39, 0.29) is 228 Å². The van der Waals surface area contributed by atoms with Gasteiger partial charge in [-0.2, -0.15) is 23.5 Å². The summed E-state index contributed by atoms with van der Waals surface area (Å²) in [5.74, 6) is 0. The van der Waals surface area contributed by atoms with Gasteiger partial charge in [-0.1, -0.05) is 0 Å². The molecule has 96 valence electrons. The molecule has 0 N–H and O–H groups in total. The Morgan fingerprint density at radius 3 is 0.421 bits per heavy atom. The second-order valence-electron chi connectivity index (χ2n) is 1.34. The zero-order valence-electron chi connectivity index (χ0n) is 9.65. The van der Waals surface area contributed by atoms with Gasteiger partial charge in [0, 0.05) is 0 Å². The summed E-state index contributed by atoms with van der Waals surface area (Å²) >= 11 is 0. The van der Waals surface area contributed by atoms with Crippen molar-refractivity contribution in [3.63, 3.8) is 0 Å². The molecule has 19 heavy (non-hydrogen) atoms. The summed E-state index contributed by atoms with van der Waals surface area (Å²) in [7, 11) is -16.2. The molecule has 19 heteroatoms. The second kappa shape index (κ2) is 23.2. The maximum absolute atomic E-state index is 8.55. The quantitative estimate of drug-likeness (QED) is 0.206. The fourth-order valence-corrected chi connectivity index (χ4v) is 0. The normalized spacial score (nSPS) is 9.32. The van der Waals surface area contributed by atoms with Crippen LogP contribution in [0.4, 0.5) is 0 Å². The van der Waals surface area contributed by atoms with Crippen LogP contribution in [-0.4, -0.2) is 0 Å². The van der Waals surface area contributed by atoms with E-state index < -0.39 is 23.5 Å². The Morgan fingerprint density at radius 1 is 0.421 bits per heavy atom. The summed E-state index contributed by atoms with van der Waals surface area (Å²) < 4.78 is 25.6. The molecule has 0 aliphatic heterocycles. The Kier molecular flexibility index (Phi) is 55.1. The molecular weight excluding hydrogens is 867 g/mol. The minimum Gasteiger partial charge on any atom is -0.822 e. The molecule has 0 saturated heterocycles. The largest absolute Gasteiger partial charge is 6.00 e. The van der Waals surface area contributed by atoms with Gasteiger partial charge in [-0.05, 0) is 0 Å². The van der Waals surface area contributed by atoms with E-state index in [0.29, 0.717) is 0 Å². The maximum Gasteiger partial charge on any atom is 6.00 e. The Hall–Kier alpha value is 7.17. The minimum atomic E-state index is -5.39. The van der Waals surface area contributed by atoms with Crippen LogP contribution in [0.1, 0.15) is 0 Å². The van der Waals surface area contributed by atoms with Gasteiger partial charge in [0.15, 0.2) is 0 Å². The van der Waals surface area contributed by atoms with Gasteiger partial charge in [0.25, 0.3) is 0 Å². The molecule has 0 spiro atoms. The first-order valence-electron chi connectivity index (χ1n) is 2.19. The van der Waals surface area contributed by atoms with Crippen molar-refractivity contribution in [3.8, 4) is 0 Å². The van der Waals surface area contributed by atoms with E-state index in [1.807, 2.05) is 0 Å². The third kappa shape index (κ3) is 263. The molecule has 0 aromatic rings. The van der Waals surface area contributed by atoms with E-state index in [0.717, 1.165) is 0 Å². The average molecular weight is 867 g/mol. The molecule has 0 aliphatic carbocycles. The number of rotatable bonds is 0. The molecule has 0 bridgehead atoms. The Morgan fingerprint density at radius 2 is 0.421 bits per heavy atom. The van der Waals surface area contributed by atoms with E-state index >= 15 is 0 Å². The standard InChI is InChI=1S/3Cs.3H3O4P.W/c;;;3*1-5(2,3)4;/h;;;3*(H3,1,2,3,4);/q3*+1;;;;+6/p-9. The van der Waals surface area contributed by atoms with Crippen LogP contribution in [0.3, 0.4) is 0 Å². The topological polar surface area (TPSA) is 259 Å². The van der Waals surface area contributed by atoms with E-state index in [2.05, 4.69) is 0 Å². The van der Waals surface area contributed by atoms with Gasteiger partial charge in [-0.15, -0.1) is 0 Å². The van der Waals surface area contributed by atoms with Gasteiger partial charge in [-0.25, -0.2) is 0 Å². The molecule has 0 aliphatic rings. The van der Waals surface area contributed by atoms with Crippen LogP contribution in [0.15, 0.2) is 0 Å². The van der Waals surface area contributed by atoms with Gasteiger partial charge in [0.05, 0.1) is 0 Å². The second-order valence-corrected chi connectivity index (χ2v) is 4.02. The average Bonchev–Trinajstić information content (AvgIpc) is 1.41. The molecule has 0 radical (unpaired) electrons. The predicted octanol–water partition coefficient (Wildman–Crippen LogP) is -17.5. The van der Waals surface area contributed by atoms with Crippen molar-refractivity contribution in [1.82, 2.24) is 0 Å².